The SMILES string of the molecule is CCCOC(=O)[C@@H]1O[C@H]1c1ccc(OC)cc1. The van der Waals surface area contributed by atoms with Gasteiger partial charge in [-0.1, -0.05) is 19.1 Å². The average molecular weight is 236 g/mol. The molecule has 4 heteroatoms. The van der Waals surface area contributed by atoms with Crippen LogP contribution in [0, 0.1) is 0 Å². The van der Waals surface area contributed by atoms with E-state index in [0.29, 0.717) is 6.61 Å². The van der Waals surface area contributed by atoms with Gasteiger partial charge < -0.3 is 14.2 Å². The molecule has 2 rings (SSSR count). The number of rotatable bonds is 5. The Labute approximate surface area is 100 Å². The van der Waals surface area contributed by atoms with Crippen molar-refractivity contribution in [3.05, 3.63) is 29.8 Å². The summed E-state index contributed by atoms with van der Waals surface area (Å²) in [4.78, 5) is 11.5. The molecular formula is C13H16O4. The topological polar surface area (TPSA) is 48.1 Å². The summed E-state index contributed by atoms with van der Waals surface area (Å²) >= 11 is 0. The summed E-state index contributed by atoms with van der Waals surface area (Å²) in [5, 5.41) is 0. The fraction of sp³-hybridized carbons (Fsp3) is 0.462. The van der Waals surface area contributed by atoms with Gasteiger partial charge in [-0.3, -0.25) is 0 Å². The standard InChI is InChI=1S/C13H16O4/c1-3-8-16-13(14)12-11(17-12)9-4-6-10(15-2)7-5-9/h4-7,11-12H,3,8H2,1-2H3/t11-,12+/m0/s1. The van der Waals surface area contributed by atoms with Gasteiger partial charge in [-0.15, -0.1) is 0 Å². The van der Waals surface area contributed by atoms with Gasteiger partial charge in [-0.05, 0) is 24.1 Å². The Balaban J connectivity index is 1.90. The van der Waals surface area contributed by atoms with Crippen molar-refractivity contribution in [3.8, 4) is 5.75 Å². The van der Waals surface area contributed by atoms with E-state index in [1.54, 1.807) is 7.11 Å². The predicted molar refractivity (Wildman–Crippen MR) is 61.9 cm³/mol. The van der Waals surface area contributed by atoms with E-state index in [1.165, 1.54) is 0 Å². The van der Waals surface area contributed by atoms with Crippen LogP contribution in [0.25, 0.3) is 0 Å². The third kappa shape index (κ3) is 2.77. The number of carbonyl (C=O) groups excluding carboxylic acids is 1. The minimum absolute atomic E-state index is 0.162. The number of hydrogen-bond donors (Lipinski definition) is 0. The van der Waals surface area contributed by atoms with Crippen LogP contribution in [0.1, 0.15) is 25.0 Å². The fourth-order valence-electron chi connectivity index (χ4n) is 1.62. The first-order valence-electron chi connectivity index (χ1n) is 5.72. The number of methoxy groups -OCH3 is 1. The van der Waals surface area contributed by atoms with Gasteiger partial charge in [-0.25, -0.2) is 4.79 Å². The molecule has 0 bridgehead atoms. The molecule has 1 saturated heterocycles. The van der Waals surface area contributed by atoms with E-state index in [-0.39, 0.29) is 12.1 Å². The van der Waals surface area contributed by atoms with Crippen LogP contribution in [0.15, 0.2) is 24.3 Å². The molecule has 0 radical (unpaired) electrons. The lowest BCUT2D eigenvalue weighted by Crippen LogP contribution is -2.12. The van der Waals surface area contributed by atoms with E-state index in [1.807, 2.05) is 31.2 Å². The summed E-state index contributed by atoms with van der Waals surface area (Å²) < 4.78 is 15.4. The molecular weight excluding hydrogens is 220 g/mol. The molecule has 0 spiro atoms. The Hall–Kier alpha value is -1.55. The van der Waals surface area contributed by atoms with Crippen LogP contribution < -0.4 is 4.74 Å². The quantitative estimate of drug-likeness (QED) is 0.580. The molecule has 4 nitrogen and oxygen atoms in total. The van der Waals surface area contributed by atoms with Crippen LogP contribution in [-0.2, 0) is 14.3 Å². The van der Waals surface area contributed by atoms with Crippen molar-refractivity contribution >= 4 is 5.97 Å². The molecule has 0 amide bonds. The van der Waals surface area contributed by atoms with Crippen LogP contribution in [0.3, 0.4) is 0 Å². The minimum atomic E-state index is -0.435. The molecule has 1 fully saturated rings. The minimum Gasteiger partial charge on any atom is -0.497 e. The number of carbonyl (C=O) groups is 1. The third-order valence-electron chi connectivity index (χ3n) is 2.62. The van der Waals surface area contributed by atoms with Gasteiger partial charge in [0.05, 0.1) is 13.7 Å². The highest BCUT2D eigenvalue weighted by Crippen LogP contribution is 2.39. The highest BCUT2D eigenvalue weighted by molar-refractivity contribution is 5.78. The summed E-state index contributed by atoms with van der Waals surface area (Å²) in [6.45, 7) is 2.41. The van der Waals surface area contributed by atoms with Crippen molar-refractivity contribution in [1.82, 2.24) is 0 Å². The van der Waals surface area contributed by atoms with E-state index in [0.717, 1.165) is 17.7 Å². The molecule has 0 N–H and O–H groups in total. The monoisotopic (exact) mass is 236 g/mol. The van der Waals surface area contributed by atoms with Crippen LogP contribution in [0.4, 0.5) is 0 Å². The molecule has 1 aromatic carbocycles. The molecule has 2 atom stereocenters. The summed E-state index contributed by atoms with van der Waals surface area (Å²) in [7, 11) is 1.62. The molecule has 1 heterocycles. The third-order valence-corrected chi connectivity index (χ3v) is 2.62. The van der Waals surface area contributed by atoms with E-state index >= 15 is 0 Å². The second kappa shape index (κ2) is 5.19. The maximum Gasteiger partial charge on any atom is 0.338 e. The van der Waals surface area contributed by atoms with Crippen LogP contribution >= 0.6 is 0 Å². The van der Waals surface area contributed by atoms with Gasteiger partial charge in [0.25, 0.3) is 0 Å². The van der Waals surface area contributed by atoms with Crippen molar-refractivity contribution in [1.29, 1.82) is 0 Å². The Morgan fingerprint density at radius 2 is 2.06 bits per heavy atom. The fourth-order valence-corrected chi connectivity index (χ4v) is 1.62. The van der Waals surface area contributed by atoms with Gasteiger partial charge >= 0.3 is 5.97 Å². The zero-order valence-corrected chi connectivity index (χ0v) is 10.0. The van der Waals surface area contributed by atoms with E-state index < -0.39 is 6.10 Å². The molecule has 17 heavy (non-hydrogen) atoms. The molecule has 1 aliphatic heterocycles. The molecule has 92 valence electrons. The number of ether oxygens (including phenoxy) is 3. The zero-order valence-electron chi connectivity index (χ0n) is 10.0. The highest BCUT2D eigenvalue weighted by Gasteiger charge is 2.47. The van der Waals surface area contributed by atoms with Crippen LogP contribution in [-0.4, -0.2) is 25.8 Å². The predicted octanol–water partition coefficient (Wildman–Crippen LogP) is 2.09. The smallest absolute Gasteiger partial charge is 0.338 e. The van der Waals surface area contributed by atoms with Gasteiger partial charge in [-0.2, -0.15) is 0 Å². The largest absolute Gasteiger partial charge is 0.497 e. The summed E-state index contributed by atoms with van der Waals surface area (Å²) in [6, 6.07) is 7.50. The van der Waals surface area contributed by atoms with Crippen molar-refractivity contribution in [2.24, 2.45) is 0 Å². The molecule has 0 aliphatic carbocycles. The second-order valence-electron chi connectivity index (χ2n) is 3.92. The van der Waals surface area contributed by atoms with Crippen LogP contribution in [0.5, 0.6) is 5.75 Å². The lowest BCUT2D eigenvalue weighted by Gasteiger charge is -2.01. The molecule has 0 aromatic heterocycles. The number of esters is 1. The normalized spacial score (nSPS) is 22.0. The van der Waals surface area contributed by atoms with Crippen molar-refractivity contribution < 1.29 is 19.0 Å². The highest BCUT2D eigenvalue weighted by atomic mass is 16.6. The van der Waals surface area contributed by atoms with Gasteiger partial charge in [0, 0.05) is 0 Å². The van der Waals surface area contributed by atoms with Crippen molar-refractivity contribution in [3.63, 3.8) is 0 Å². The first-order valence-corrected chi connectivity index (χ1v) is 5.72. The van der Waals surface area contributed by atoms with Gasteiger partial charge in [0.2, 0.25) is 0 Å². The van der Waals surface area contributed by atoms with Gasteiger partial charge in [0.15, 0.2) is 6.10 Å². The lowest BCUT2D eigenvalue weighted by atomic mass is 10.1. The average Bonchev–Trinajstić information content (AvgIpc) is 3.16. The first-order chi connectivity index (χ1) is 8.26. The Morgan fingerprint density at radius 3 is 2.65 bits per heavy atom. The lowest BCUT2D eigenvalue weighted by molar-refractivity contribution is -0.145. The maximum absolute atomic E-state index is 11.5. The number of benzene rings is 1. The van der Waals surface area contributed by atoms with Crippen molar-refractivity contribution in [2.45, 2.75) is 25.6 Å². The molecule has 1 aliphatic rings. The maximum atomic E-state index is 11.5. The molecule has 0 saturated carbocycles. The Kier molecular flexibility index (Phi) is 3.64. The number of epoxide rings is 1. The first kappa shape index (κ1) is 11.9. The summed E-state index contributed by atoms with van der Waals surface area (Å²) in [5.41, 5.74) is 0.976. The van der Waals surface area contributed by atoms with Crippen molar-refractivity contribution in [2.75, 3.05) is 13.7 Å². The Morgan fingerprint density at radius 1 is 1.35 bits per heavy atom. The van der Waals surface area contributed by atoms with E-state index in [4.69, 9.17) is 14.2 Å². The van der Waals surface area contributed by atoms with E-state index in [2.05, 4.69) is 0 Å². The van der Waals surface area contributed by atoms with E-state index in [9.17, 15) is 4.79 Å². The van der Waals surface area contributed by atoms with Gasteiger partial charge in [0.1, 0.15) is 11.9 Å². The summed E-state index contributed by atoms with van der Waals surface area (Å²) in [6.07, 6.45) is 0.228. The molecule has 0 unspecified atom stereocenters. The summed E-state index contributed by atoms with van der Waals surface area (Å²) in [5.74, 6) is 0.521. The Bertz CT molecular complexity index is 385. The van der Waals surface area contributed by atoms with Crippen LogP contribution in [0.2, 0.25) is 0 Å². The molecule has 1 aromatic rings. The number of hydrogen-bond acceptors (Lipinski definition) is 4. The zero-order chi connectivity index (χ0) is 12.3. The second-order valence-corrected chi connectivity index (χ2v) is 3.92.